The molecule has 1 aromatic carbocycles. The molecule has 1 aromatic heterocycles. The molecule has 2 aromatic rings. The molecular formula is C15H18BrN3O. The Morgan fingerprint density at radius 2 is 2.00 bits per heavy atom. The lowest BCUT2D eigenvalue weighted by Gasteiger charge is -2.27. The van der Waals surface area contributed by atoms with Gasteiger partial charge >= 0.3 is 0 Å². The van der Waals surface area contributed by atoms with Crippen LogP contribution in [0.25, 0.3) is 0 Å². The average molecular weight is 336 g/mol. The van der Waals surface area contributed by atoms with Crippen molar-refractivity contribution < 1.29 is 0 Å². The third-order valence-electron chi connectivity index (χ3n) is 3.15. The van der Waals surface area contributed by atoms with Gasteiger partial charge in [0.1, 0.15) is 4.47 Å². The topological polar surface area (TPSA) is 57.8 Å². The number of aromatic nitrogens is 2. The van der Waals surface area contributed by atoms with E-state index in [1.165, 1.54) is 5.56 Å². The molecule has 106 valence electrons. The van der Waals surface area contributed by atoms with Crippen LogP contribution in [-0.2, 0) is 6.42 Å². The standard InChI is InChI=1S/C15H18BrN3O/c1-15(2,9-8-11-6-4-3-5-7-11)18-12-10-17-19-14(20)13(12)16/h3-7,10H,8-9H2,1-2H3,(H2,18,19,20). The molecule has 0 aliphatic carbocycles. The van der Waals surface area contributed by atoms with Crippen LogP contribution in [0.1, 0.15) is 25.8 Å². The average Bonchev–Trinajstić information content (AvgIpc) is 2.43. The number of halogens is 1. The Kier molecular flexibility index (Phi) is 4.60. The van der Waals surface area contributed by atoms with E-state index in [1.807, 2.05) is 18.2 Å². The summed E-state index contributed by atoms with van der Waals surface area (Å²) in [4.78, 5) is 11.5. The highest BCUT2D eigenvalue weighted by atomic mass is 79.9. The summed E-state index contributed by atoms with van der Waals surface area (Å²) in [5.41, 5.74) is 1.67. The number of nitrogens with one attached hydrogen (secondary N) is 2. The van der Waals surface area contributed by atoms with Gasteiger partial charge in [-0.1, -0.05) is 30.3 Å². The Morgan fingerprint density at radius 3 is 2.70 bits per heavy atom. The molecule has 0 aliphatic heterocycles. The number of hydrogen-bond donors (Lipinski definition) is 2. The number of rotatable bonds is 5. The van der Waals surface area contributed by atoms with Gasteiger partial charge in [0, 0.05) is 5.54 Å². The lowest BCUT2D eigenvalue weighted by molar-refractivity contribution is 0.518. The maximum absolute atomic E-state index is 11.5. The van der Waals surface area contributed by atoms with Gasteiger partial charge in [-0.2, -0.15) is 5.10 Å². The predicted molar refractivity (Wildman–Crippen MR) is 85.0 cm³/mol. The van der Waals surface area contributed by atoms with E-state index < -0.39 is 0 Å². The van der Waals surface area contributed by atoms with Crippen molar-refractivity contribution in [3.05, 3.63) is 56.9 Å². The van der Waals surface area contributed by atoms with Crippen molar-refractivity contribution in [2.75, 3.05) is 5.32 Å². The molecule has 0 fully saturated rings. The fraction of sp³-hybridized carbons (Fsp3) is 0.333. The van der Waals surface area contributed by atoms with Crippen molar-refractivity contribution in [2.24, 2.45) is 0 Å². The Bertz CT molecular complexity index is 623. The number of nitrogens with zero attached hydrogens (tertiary/aromatic N) is 1. The van der Waals surface area contributed by atoms with E-state index in [4.69, 9.17) is 0 Å². The molecule has 0 aliphatic rings. The van der Waals surface area contributed by atoms with E-state index in [-0.39, 0.29) is 11.1 Å². The Balaban J connectivity index is 2.04. The molecule has 5 heteroatoms. The van der Waals surface area contributed by atoms with Gasteiger partial charge in [-0.15, -0.1) is 0 Å². The minimum Gasteiger partial charge on any atom is -0.378 e. The van der Waals surface area contributed by atoms with Crippen LogP contribution < -0.4 is 10.9 Å². The maximum atomic E-state index is 11.5. The van der Waals surface area contributed by atoms with E-state index in [0.29, 0.717) is 10.2 Å². The summed E-state index contributed by atoms with van der Waals surface area (Å²) in [7, 11) is 0. The zero-order valence-corrected chi connectivity index (χ0v) is 13.2. The fourth-order valence-electron chi connectivity index (χ4n) is 2.00. The van der Waals surface area contributed by atoms with Crippen molar-refractivity contribution in [2.45, 2.75) is 32.2 Å². The maximum Gasteiger partial charge on any atom is 0.280 e. The van der Waals surface area contributed by atoms with Gasteiger partial charge in [0.05, 0.1) is 11.9 Å². The number of benzene rings is 1. The molecule has 0 radical (unpaired) electrons. The Labute approximate surface area is 126 Å². The molecule has 0 spiro atoms. The van der Waals surface area contributed by atoms with Crippen molar-refractivity contribution >= 4 is 21.6 Å². The molecule has 0 saturated heterocycles. The van der Waals surface area contributed by atoms with Crippen LogP contribution in [0.15, 0.2) is 45.8 Å². The molecule has 0 unspecified atom stereocenters. The largest absolute Gasteiger partial charge is 0.378 e. The minimum absolute atomic E-state index is 0.131. The van der Waals surface area contributed by atoms with Crippen LogP contribution in [0.5, 0.6) is 0 Å². The van der Waals surface area contributed by atoms with Crippen molar-refractivity contribution in [1.82, 2.24) is 10.2 Å². The van der Waals surface area contributed by atoms with Crippen LogP contribution in [0, 0.1) is 0 Å². The quantitative estimate of drug-likeness (QED) is 0.880. The smallest absolute Gasteiger partial charge is 0.280 e. The summed E-state index contributed by atoms with van der Waals surface area (Å²) in [5, 5.41) is 9.58. The second-order valence-electron chi connectivity index (χ2n) is 5.42. The zero-order valence-electron chi connectivity index (χ0n) is 11.6. The van der Waals surface area contributed by atoms with E-state index in [0.717, 1.165) is 12.8 Å². The molecule has 4 nitrogen and oxygen atoms in total. The summed E-state index contributed by atoms with van der Waals surface area (Å²) < 4.78 is 0.486. The number of aryl methyl sites for hydroxylation is 1. The highest BCUT2D eigenvalue weighted by Gasteiger charge is 2.19. The lowest BCUT2D eigenvalue weighted by Crippen LogP contribution is -2.32. The van der Waals surface area contributed by atoms with Gasteiger partial charge < -0.3 is 5.32 Å². The number of aromatic amines is 1. The fourth-order valence-corrected chi connectivity index (χ4v) is 2.29. The molecule has 0 atom stereocenters. The normalized spacial score (nSPS) is 11.3. The summed E-state index contributed by atoms with van der Waals surface area (Å²) in [6.07, 6.45) is 3.56. The monoisotopic (exact) mass is 335 g/mol. The van der Waals surface area contributed by atoms with E-state index in [2.05, 4.69) is 57.4 Å². The van der Waals surface area contributed by atoms with Crippen molar-refractivity contribution in [1.29, 1.82) is 0 Å². The first kappa shape index (κ1) is 14.8. The third-order valence-corrected chi connectivity index (χ3v) is 3.94. The molecule has 0 bridgehead atoms. The summed E-state index contributed by atoms with van der Waals surface area (Å²) in [5.74, 6) is 0. The molecule has 1 heterocycles. The molecule has 0 saturated carbocycles. The summed E-state index contributed by atoms with van der Waals surface area (Å²) >= 11 is 3.28. The summed E-state index contributed by atoms with van der Waals surface area (Å²) in [6.45, 7) is 4.23. The van der Waals surface area contributed by atoms with Crippen LogP contribution in [0.2, 0.25) is 0 Å². The van der Waals surface area contributed by atoms with Gasteiger partial charge in [0.15, 0.2) is 0 Å². The SMILES string of the molecule is CC(C)(CCc1ccccc1)Nc1cn[nH]c(=O)c1Br. The Hall–Kier alpha value is -1.62. The van der Waals surface area contributed by atoms with Crippen LogP contribution in [-0.4, -0.2) is 15.7 Å². The highest BCUT2D eigenvalue weighted by molar-refractivity contribution is 9.10. The first-order chi connectivity index (χ1) is 9.48. The zero-order chi connectivity index (χ0) is 14.6. The first-order valence-electron chi connectivity index (χ1n) is 6.53. The van der Waals surface area contributed by atoms with Crippen molar-refractivity contribution in [3.63, 3.8) is 0 Å². The summed E-state index contributed by atoms with van der Waals surface area (Å²) in [6, 6.07) is 10.4. The second kappa shape index (κ2) is 6.22. The first-order valence-corrected chi connectivity index (χ1v) is 7.32. The third kappa shape index (κ3) is 3.93. The Morgan fingerprint density at radius 1 is 1.30 bits per heavy atom. The van der Waals surface area contributed by atoms with E-state index >= 15 is 0 Å². The molecule has 0 amide bonds. The van der Waals surface area contributed by atoms with Gasteiger partial charge in [0.25, 0.3) is 5.56 Å². The van der Waals surface area contributed by atoms with Crippen LogP contribution >= 0.6 is 15.9 Å². The van der Waals surface area contributed by atoms with Crippen molar-refractivity contribution in [3.8, 4) is 0 Å². The molecular weight excluding hydrogens is 318 g/mol. The minimum atomic E-state index is -0.228. The number of anilines is 1. The molecule has 20 heavy (non-hydrogen) atoms. The number of H-pyrrole nitrogens is 1. The second-order valence-corrected chi connectivity index (χ2v) is 6.21. The van der Waals surface area contributed by atoms with Gasteiger partial charge in [-0.3, -0.25) is 4.79 Å². The molecule has 2 N–H and O–H groups in total. The predicted octanol–water partition coefficient (Wildman–Crippen LogP) is 3.36. The highest BCUT2D eigenvalue weighted by Crippen LogP contribution is 2.23. The van der Waals surface area contributed by atoms with Gasteiger partial charge in [-0.25, -0.2) is 5.10 Å². The number of hydrogen-bond acceptors (Lipinski definition) is 3. The van der Waals surface area contributed by atoms with E-state index in [1.54, 1.807) is 6.20 Å². The molecule has 2 rings (SSSR count). The van der Waals surface area contributed by atoms with E-state index in [9.17, 15) is 4.79 Å². The van der Waals surface area contributed by atoms with Crippen LogP contribution in [0.4, 0.5) is 5.69 Å². The van der Waals surface area contributed by atoms with Crippen LogP contribution in [0.3, 0.4) is 0 Å². The van der Waals surface area contributed by atoms with Gasteiger partial charge in [-0.05, 0) is 48.2 Å². The van der Waals surface area contributed by atoms with Gasteiger partial charge in [0.2, 0.25) is 0 Å². The lowest BCUT2D eigenvalue weighted by atomic mass is 9.95.